The van der Waals surface area contributed by atoms with Crippen molar-refractivity contribution in [1.29, 1.82) is 0 Å². The van der Waals surface area contributed by atoms with Gasteiger partial charge in [-0.2, -0.15) is 0 Å². The van der Waals surface area contributed by atoms with E-state index in [-0.39, 0.29) is 36.0 Å². The zero-order valence-corrected chi connectivity index (χ0v) is 17.6. The molecule has 8 nitrogen and oxygen atoms in total. The Morgan fingerprint density at radius 3 is 2.28 bits per heavy atom. The van der Waals surface area contributed by atoms with Crippen LogP contribution in [-0.2, 0) is 25.6 Å². The SMILES string of the molecule is CC(=O)SCC(=O)NC(O)(CCc1ccccc1)C(=O)N[C@@H](CC(C)C)C(=O)O. The van der Waals surface area contributed by atoms with Crippen molar-refractivity contribution in [3.63, 3.8) is 0 Å². The van der Waals surface area contributed by atoms with Crippen molar-refractivity contribution in [2.45, 2.75) is 51.8 Å². The second-order valence-electron chi connectivity index (χ2n) is 7.17. The number of rotatable bonds is 11. The van der Waals surface area contributed by atoms with Gasteiger partial charge in [0, 0.05) is 13.3 Å². The lowest BCUT2D eigenvalue weighted by atomic mass is 9.99. The monoisotopic (exact) mass is 424 g/mol. The highest BCUT2D eigenvalue weighted by atomic mass is 32.2. The van der Waals surface area contributed by atoms with E-state index in [1.54, 1.807) is 12.1 Å². The van der Waals surface area contributed by atoms with E-state index in [1.807, 2.05) is 32.0 Å². The van der Waals surface area contributed by atoms with Gasteiger partial charge in [0.25, 0.3) is 5.91 Å². The van der Waals surface area contributed by atoms with Gasteiger partial charge in [0.1, 0.15) is 6.04 Å². The highest BCUT2D eigenvalue weighted by Crippen LogP contribution is 2.15. The molecule has 0 spiro atoms. The number of amides is 2. The Bertz CT molecular complexity index is 725. The number of aryl methyl sites for hydroxylation is 1. The number of hydrogen-bond donors (Lipinski definition) is 4. The minimum atomic E-state index is -2.31. The summed E-state index contributed by atoms with van der Waals surface area (Å²) in [6.45, 7) is 4.92. The molecule has 4 N–H and O–H groups in total. The molecule has 2 atom stereocenters. The number of nitrogens with one attached hydrogen (secondary N) is 2. The van der Waals surface area contributed by atoms with E-state index >= 15 is 0 Å². The van der Waals surface area contributed by atoms with Crippen molar-refractivity contribution < 1.29 is 29.4 Å². The fourth-order valence-corrected chi connectivity index (χ4v) is 3.01. The third-order valence-electron chi connectivity index (χ3n) is 4.06. The van der Waals surface area contributed by atoms with Gasteiger partial charge in [0.2, 0.25) is 11.6 Å². The molecule has 0 saturated carbocycles. The lowest BCUT2D eigenvalue weighted by Crippen LogP contribution is -2.62. The van der Waals surface area contributed by atoms with Crippen LogP contribution in [0.15, 0.2) is 30.3 Å². The molecule has 0 fully saturated rings. The Morgan fingerprint density at radius 2 is 1.76 bits per heavy atom. The largest absolute Gasteiger partial charge is 0.480 e. The second-order valence-corrected chi connectivity index (χ2v) is 8.32. The van der Waals surface area contributed by atoms with Gasteiger partial charge in [-0.05, 0) is 24.3 Å². The van der Waals surface area contributed by atoms with Crippen LogP contribution in [0.2, 0.25) is 0 Å². The Labute approximate surface area is 174 Å². The molecule has 0 aliphatic rings. The molecule has 9 heteroatoms. The minimum absolute atomic E-state index is 0.00429. The molecule has 2 amide bonds. The van der Waals surface area contributed by atoms with Crippen LogP contribution in [0.4, 0.5) is 0 Å². The van der Waals surface area contributed by atoms with Crippen LogP contribution in [0, 0.1) is 5.92 Å². The van der Waals surface area contributed by atoms with E-state index in [0.717, 1.165) is 17.3 Å². The molecular weight excluding hydrogens is 396 g/mol. The fourth-order valence-electron chi connectivity index (χ4n) is 2.61. The van der Waals surface area contributed by atoms with Crippen LogP contribution < -0.4 is 10.6 Å². The lowest BCUT2D eigenvalue weighted by molar-refractivity contribution is -0.153. The van der Waals surface area contributed by atoms with Crippen molar-refractivity contribution in [2.75, 3.05) is 5.75 Å². The maximum absolute atomic E-state index is 12.7. The first-order chi connectivity index (χ1) is 13.5. The smallest absolute Gasteiger partial charge is 0.326 e. The van der Waals surface area contributed by atoms with E-state index in [2.05, 4.69) is 10.6 Å². The number of aliphatic hydroxyl groups is 1. The summed E-state index contributed by atoms with van der Waals surface area (Å²) in [5.74, 6) is -3.19. The Morgan fingerprint density at radius 1 is 1.14 bits per heavy atom. The summed E-state index contributed by atoms with van der Waals surface area (Å²) in [6.07, 6.45) is 0.282. The van der Waals surface area contributed by atoms with Crippen LogP contribution >= 0.6 is 11.8 Å². The van der Waals surface area contributed by atoms with Crippen LogP contribution in [0.3, 0.4) is 0 Å². The highest BCUT2D eigenvalue weighted by Gasteiger charge is 2.39. The van der Waals surface area contributed by atoms with Crippen molar-refractivity contribution in [3.8, 4) is 0 Å². The van der Waals surface area contributed by atoms with E-state index in [0.29, 0.717) is 0 Å². The summed E-state index contributed by atoms with van der Waals surface area (Å²) < 4.78 is 0. The van der Waals surface area contributed by atoms with Gasteiger partial charge in [-0.1, -0.05) is 55.9 Å². The fraction of sp³-hybridized carbons (Fsp3) is 0.500. The second kappa shape index (κ2) is 11.6. The maximum Gasteiger partial charge on any atom is 0.326 e. The molecule has 1 aromatic carbocycles. The average Bonchev–Trinajstić information content (AvgIpc) is 2.64. The minimum Gasteiger partial charge on any atom is -0.480 e. The standard InChI is InChI=1S/C20H28N2O6S/c1-13(2)11-16(18(25)26)21-19(27)20(28,22-17(24)12-29-14(3)23)10-9-15-7-5-4-6-8-15/h4-8,13,16,28H,9-12H2,1-3H3,(H,21,27)(H,22,24)(H,25,26)/t16-,20?/m0/s1. The first kappa shape index (κ1) is 24.6. The van der Waals surface area contributed by atoms with Crippen molar-refractivity contribution >= 4 is 34.7 Å². The van der Waals surface area contributed by atoms with Crippen LogP contribution in [0.25, 0.3) is 0 Å². The zero-order chi connectivity index (χ0) is 22.0. The molecule has 1 unspecified atom stereocenters. The molecule has 0 aromatic heterocycles. The summed E-state index contributed by atoms with van der Waals surface area (Å²) in [5.41, 5.74) is -1.47. The van der Waals surface area contributed by atoms with Crippen LogP contribution in [0.1, 0.15) is 39.2 Å². The molecule has 0 aliphatic heterocycles. The molecule has 0 bridgehead atoms. The number of carbonyl (C=O) groups is 4. The van der Waals surface area contributed by atoms with E-state index < -0.39 is 29.6 Å². The summed E-state index contributed by atoms with van der Waals surface area (Å²) in [5, 5.41) is 24.6. The van der Waals surface area contributed by atoms with Gasteiger partial charge in [-0.3, -0.25) is 14.4 Å². The summed E-state index contributed by atoms with van der Waals surface area (Å²) in [7, 11) is 0. The number of hydrogen-bond acceptors (Lipinski definition) is 6. The number of benzene rings is 1. The molecule has 1 rings (SSSR count). The Hall–Kier alpha value is -2.39. The molecule has 0 aliphatic carbocycles. The zero-order valence-electron chi connectivity index (χ0n) is 16.8. The van der Waals surface area contributed by atoms with E-state index in [1.165, 1.54) is 6.92 Å². The molecule has 0 radical (unpaired) electrons. The quantitative estimate of drug-likeness (QED) is 0.394. The number of carboxylic acid groups (broad SMARTS) is 1. The van der Waals surface area contributed by atoms with Gasteiger partial charge in [-0.25, -0.2) is 4.79 Å². The molecule has 160 valence electrons. The Kier molecular flexibility index (Phi) is 9.84. The predicted octanol–water partition coefficient (Wildman–Crippen LogP) is 1.32. The van der Waals surface area contributed by atoms with Gasteiger partial charge in [0.05, 0.1) is 5.75 Å². The van der Waals surface area contributed by atoms with Crippen molar-refractivity contribution in [2.24, 2.45) is 5.92 Å². The molecule has 29 heavy (non-hydrogen) atoms. The summed E-state index contributed by atoms with van der Waals surface area (Å²) in [4.78, 5) is 47.4. The first-order valence-corrected chi connectivity index (χ1v) is 10.3. The molecule has 0 saturated heterocycles. The van der Waals surface area contributed by atoms with E-state index in [9.17, 15) is 29.4 Å². The first-order valence-electron chi connectivity index (χ1n) is 9.28. The van der Waals surface area contributed by atoms with Crippen LogP contribution in [-0.4, -0.2) is 50.6 Å². The number of thioether (sulfide) groups is 1. The Balaban J connectivity index is 2.96. The predicted molar refractivity (Wildman–Crippen MR) is 110 cm³/mol. The summed E-state index contributed by atoms with van der Waals surface area (Å²) in [6, 6.07) is 7.86. The van der Waals surface area contributed by atoms with Crippen molar-refractivity contribution in [1.82, 2.24) is 10.6 Å². The van der Waals surface area contributed by atoms with Gasteiger partial charge < -0.3 is 20.8 Å². The van der Waals surface area contributed by atoms with Gasteiger partial charge in [-0.15, -0.1) is 0 Å². The van der Waals surface area contributed by atoms with Gasteiger partial charge in [0.15, 0.2) is 5.12 Å². The normalized spacial score (nSPS) is 14.0. The number of carboxylic acids is 1. The molecular formula is C20H28N2O6S. The van der Waals surface area contributed by atoms with Gasteiger partial charge >= 0.3 is 5.97 Å². The third-order valence-corrected chi connectivity index (χ3v) is 4.87. The van der Waals surface area contributed by atoms with Crippen LogP contribution in [0.5, 0.6) is 0 Å². The topological polar surface area (TPSA) is 133 Å². The average molecular weight is 425 g/mol. The number of aliphatic carboxylic acids is 1. The summed E-state index contributed by atoms with van der Waals surface area (Å²) >= 11 is 0.746. The highest BCUT2D eigenvalue weighted by molar-refractivity contribution is 8.14. The van der Waals surface area contributed by atoms with Crippen molar-refractivity contribution in [3.05, 3.63) is 35.9 Å². The molecule has 1 aromatic rings. The van der Waals surface area contributed by atoms with E-state index in [4.69, 9.17) is 0 Å². The third kappa shape index (κ3) is 9.10. The maximum atomic E-state index is 12.7. The number of carbonyl (C=O) groups excluding carboxylic acids is 3. The lowest BCUT2D eigenvalue weighted by Gasteiger charge is -2.30. The molecule has 0 heterocycles.